The molecule has 5 heteroatoms. The highest BCUT2D eigenvalue weighted by Gasteiger charge is 2.07. The van der Waals surface area contributed by atoms with Gasteiger partial charge in [-0.3, -0.25) is 0 Å². The van der Waals surface area contributed by atoms with Crippen LogP contribution in [0.1, 0.15) is 5.56 Å². The summed E-state index contributed by atoms with van der Waals surface area (Å²) >= 11 is 3.35. The van der Waals surface area contributed by atoms with Gasteiger partial charge in [0.2, 0.25) is 0 Å². The maximum absolute atomic E-state index is 13.5. The molecule has 2 rings (SSSR count). The van der Waals surface area contributed by atoms with Gasteiger partial charge in [0.05, 0.1) is 11.6 Å². The summed E-state index contributed by atoms with van der Waals surface area (Å²) in [7, 11) is 1.57. The van der Waals surface area contributed by atoms with Crippen molar-refractivity contribution >= 4 is 21.6 Å². The molecule has 100 valence electrons. The minimum absolute atomic E-state index is 0.203. The van der Waals surface area contributed by atoms with E-state index in [1.807, 2.05) is 12.1 Å². The summed E-state index contributed by atoms with van der Waals surface area (Å²) in [4.78, 5) is 0. The van der Waals surface area contributed by atoms with Crippen LogP contribution in [0.4, 0.5) is 14.5 Å². The fourth-order valence-electron chi connectivity index (χ4n) is 1.65. The maximum atomic E-state index is 13.5. The molecule has 0 aliphatic rings. The highest BCUT2D eigenvalue weighted by Crippen LogP contribution is 2.28. The van der Waals surface area contributed by atoms with Crippen LogP contribution in [0.15, 0.2) is 40.9 Å². The van der Waals surface area contributed by atoms with Crippen molar-refractivity contribution in [1.29, 1.82) is 0 Å². The lowest BCUT2D eigenvalue weighted by molar-refractivity contribution is 0.412. The van der Waals surface area contributed by atoms with E-state index in [-0.39, 0.29) is 12.1 Å². The molecule has 0 saturated heterocycles. The van der Waals surface area contributed by atoms with Gasteiger partial charge in [-0.2, -0.15) is 0 Å². The number of benzene rings is 2. The van der Waals surface area contributed by atoms with Gasteiger partial charge in [-0.05, 0) is 34.1 Å². The summed E-state index contributed by atoms with van der Waals surface area (Å²) in [5.41, 5.74) is 1.05. The van der Waals surface area contributed by atoms with Crippen LogP contribution >= 0.6 is 15.9 Å². The van der Waals surface area contributed by atoms with Crippen molar-refractivity contribution in [2.75, 3.05) is 12.4 Å². The SMILES string of the molecule is COc1cc(NCc2cccc(F)c2F)ccc1Br. The molecule has 0 amide bonds. The molecule has 0 bridgehead atoms. The van der Waals surface area contributed by atoms with Gasteiger partial charge in [0.1, 0.15) is 5.75 Å². The molecular weight excluding hydrogens is 316 g/mol. The molecular formula is C14H12BrF2NO. The van der Waals surface area contributed by atoms with Crippen LogP contribution in [0, 0.1) is 11.6 Å². The van der Waals surface area contributed by atoms with Gasteiger partial charge in [-0.25, -0.2) is 8.78 Å². The van der Waals surface area contributed by atoms with E-state index in [0.717, 1.165) is 16.2 Å². The zero-order chi connectivity index (χ0) is 13.8. The average Bonchev–Trinajstić information content (AvgIpc) is 2.42. The van der Waals surface area contributed by atoms with E-state index in [1.54, 1.807) is 19.2 Å². The fraction of sp³-hybridized carbons (Fsp3) is 0.143. The lowest BCUT2D eigenvalue weighted by atomic mass is 10.2. The second-order valence-electron chi connectivity index (χ2n) is 3.92. The monoisotopic (exact) mass is 327 g/mol. The van der Waals surface area contributed by atoms with E-state index in [2.05, 4.69) is 21.2 Å². The van der Waals surface area contributed by atoms with Crippen molar-refractivity contribution in [3.8, 4) is 5.75 Å². The van der Waals surface area contributed by atoms with Gasteiger partial charge < -0.3 is 10.1 Å². The molecule has 0 heterocycles. The maximum Gasteiger partial charge on any atom is 0.163 e. The number of hydrogen-bond acceptors (Lipinski definition) is 2. The van der Waals surface area contributed by atoms with Crippen molar-refractivity contribution in [2.24, 2.45) is 0 Å². The predicted molar refractivity (Wildman–Crippen MR) is 74.4 cm³/mol. The summed E-state index contributed by atoms with van der Waals surface area (Å²) < 4.78 is 32.5. The molecule has 2 aromatic rings. The first kappa shape index (κ1) is 13.8. The fourth-order valence-corrected chi connectivity index (χ4v) is 2.06. The van der Waals surface area contributed by atoms with Gasteiger partial charge in [-0.1, -0.05) is 12.1 Å². The van der Waals surface area contributed by atoms with E-state index < -0.39 is 11.6 Å². The Labute approximate surface area is 118 Å². The first-order valence-electron chi connectivity index (χ1n) is 5.62. The Kier molecular flexibility index (Phi) is 4.37. The quantitative estimate of drug-likeness (QED) is 0.901. The van der Waals surface area contributed by atoms with Crippen LogP contribution < -0.4 is 10.1 Å². The first-order chi connectivity index (χ1) is 9.11. The Hall–Kier alpha value is -1.62. The van der Waals surface area contributed by atoms with Crippen molar-refractivity contribution in [3.05, 3.63) is 58.1 Å². The second kappa shape index (κ2) is 6.02. The molecule has 0 atom stereocenters. The predicted octanol–water partition coefficient (Wildman–Crippen LogP) is 4.35. The first-order valence-corrected chi connectivity index (χ1v) is 6.41. The van der Waals surface area contributed by atoms with E-state index in [1.165, 1.54) is 6.07 Å². The molecule has 0 spiro atoms. The smallest absolute Gasteiger partial charge is 0.163 e. The Morgan fingerprint density at radius 3 is 2.74 bits per heavy atom. The standard InChI is InChI=1S/C14H12BrF2NO/c1-19-13-7-10(5-6-11(13)15)18-8-9-3-2-4-12(16)14(9)17/h2-7,18H,8H2,1H3. The van der Waals surface area contributed by atoms with Crippen molar-refractivity contribution in [1.82, 2.24) is 0 Å². The Bertz CT molecular complexity index is 590. The number of ether oxygens (including phenoxy) is 1. The third-order valence-corrected chi connectivity index (χ3v) is 3.32. The van der Waals surface area contributed by atoms with Crippen LogP contribution in [0.3, 0.4) is 0 Å². The topological polar surface area (TPSA) is 21.3 Å². The zero-order valence-corrected chi connectivity index (χ0v) is 11.8. The molecule has 19 heavy (non-hydrogen) atoms. The second-order valence-corrected chi connectivity index (χ2v) is 4.77. The molecule has 0 aliphatic carbocycles. The van der Waals surface area contributed by atoms with E-state index >= 15 is 0 Å². The summed E-state index contributed by atoms with van der Waals surface area (Å²) in [6.07, 6.45) is 0. The van der Waals surface area contributed by atoms with Crippen LogP contribution in [0.2, 0.25) is 0 Å². The molecule has 2 nitrogen and oxygen atoms in total. The summed E-state index contributed by atoms with van der Waals surface area (Å²) in [5.74, 6) is -0.989. The minimum atomic E-state index is -0.840. The van der Waals surface area contributed by atoms with E-state index in [0.29, 0.717) is 5.75 Å². The Morgan fingerprint density at radius 2 is 2.00 bits per heavy atom. The van der Waals surface area contributed by atoms with Gasteiger partial charge >= 0.3 is 0 Å². The number of rotatable bonds is 4. The molecule has 1 N–H and O–H groups in total. The van der Waals surface area contributed by atoms with Gasteiger partial charge in [0.15, 0.2) is 11.6 Å². The molecule has 2 aromatic carbocycles. The molecule has 0 fully saturated rings. The lowest BCUT2D eigenvalue weighted by Crippen LogP contribution is -2.03. The van der Waals surface area contributed by atoms with E-state index in [9.17, 15) is 8.78 Å². The summed E-state index contributed by atoms with van der Waals surface area (Å²) in [5, 5.41) is 3.02. The Morgan fingerprint density at radius 1 is 1.21 bits per heavy atom. The minimum Gasteiger partial charge on any atom is -0.495 e. The number of methoxy groups -OCH3 is 1. The van der Waals surface area contributed by atoms with Crippen molar-refractivity contribution in [3.63, 3.8) is 0 Å². The number of anilines is 1. The summed E-state index contributed by atoms with van der Waals surface area (Å²) in [6, 6.07) is 9.55. The van der Waals surface area contributed by atoms with Crippen LogP contribution in [-0.4, -0.2) is 7.11 Å². The highest BCUT2D eigenvalue weighted by atomic mass is 79.9. The van der Waals surface area contributed by atoms with Crippen molar-refractivity contribution < 1.29 is 13.5 Å². The zero-order valence-electron chi connectivity index (χ0n) is 10.2. The third-order valence-electron chi connectivity index (χ3n) is 2.67. The largest absolute Gasteiger partial charge is 0.495 e. The molecule has 0 aliphatic heterocycles. The van der Waals surface area contributed by atoms with E-state index in [4.69, 9.17) is 4.74 Å². The highest BCUT2D eigenvalue weighted by molar-refractivity contribution is 9.10. The van der Waals surface area contributed by atoms with Gasteiger partial charge in [-0.15, -0.1) is 0 Å². The number of halogens is 3. The number of nitrogens with one attached hydrogen (secondary N) is 1. The molecule has 0 unspecified atom stereocenters. The van der Waals surface area contributed by atoms with Crippen LogP contribution in [-0.2, 0) is 6.54 Å². The van der Waals surface area contributed by atoms with Crippen LogP contribution in [0.5, 0.6) is 5.75 Å². The third kappa shape index (κ3) is 3.23. The van der Waals surface area contributed by atoms with Crippen LogP contribution in [0.25, 0.3) is 0 Å². The van der Waals surface area contributed by atoms with Gasteiger partial charge in [0.25, 0.3) is 0 Å². The molecule has 0 radical (unpaired) electrons. The van der Waals surface area contributed by atoms with Crippen molar-refractivity contribution in [2.45, 2.75) is 6.54 Å². The molecule has 0 aromatic heterocycles. The Balaban J connectivity index is 2.12. The number of hydrogen-bond donors (Lipinski definition) is 1. The normalized spacial score (nSPS) is 10.3. The summed E-state index contributed by atoms with van der Waals surface area (Å²) in [6.45, 7) is 0.203. The molecule has 0 saturated carbocycles. The van der Waals surface area contributed by atoms with Gasteiger partial charge in [0, 0.05) is 23.9 Å². The lowest BCUT2D eigenvalue weighted by Gasteiger charge is -2.10. The average molecular weight is 328 g/mol.